The van der Waals surface area contributed by atoms with Crippen LogP contribution in [0.3, 0.4) is 0 Å². The van der Waals surface area contributed by atoms with Gasteiger partial charge in [-0.25, -0.2) is 0 Å². The highest BCUT2D eigenvalue weighted by Gasteiger charge is 2.23. The highest BCUT2D eigenvalue weighted by atomic mass is 14.9. The minimum absolute atomic E-state index is 0.0322. The molecule has 9 aromatic rings. The summed E-state index contributed by atoms with van der Waals surface area (Å²) >= 11 is 0. The summed E-state index contributed by atoms with van der Waals surface area (Å²) in [5.74, 6) is 0. The van der Waals surface area contributed by atoms with Crippen LogP contribution in [-0.2, 0) is 16.2 Å². The molecule has 0 N–H and O–H groups in total. The lowest BCUT2D eigenvalue weighted by molar-refractivity contribution is 0.590. The van der Waals surface area contributed by atoms with E-state index >= 15 is 0 Å². The SMILES string of the molecule is CC(C)(C)c1ccc(-c2ccc3cc4c5cc(C(C)(C)C)cc6c7cc8ccc(-c9ccc(C(C)(C)C)cc9)cc8cc7n(c4cc3c2)c56)cc1. The lowest BCUT2D eigenvalue weighted by atomic mass is 9.85. The number of hydrogen-bond donors (Lipinski definition) is 0. The van der Waals surface area contributed by atoms with Crippen LogP contribution in [0.2, 0.25) is 0 Å². The fourth-order valence-corrected chi connectivity index (χ4v) is 8.15. The maximum atomic E-state index is 2.55. The largest absolute Gasteiger partial charge is 0.308 e. The summed E-state index contributed by atoms with van der Waals surface area (Å²) in [7, 11) is 0. The van der Waals surface area contributed by atoms with Crippen LogP contribution in [-0.4, -0.2) is 4.40 Å². The van der Waals surface area contributed by atoms with E-state index in [-0.39, 0.29) is 16.2 Å². The van der Waals surface area contributed by atoms with Crippen molar-refractivity contribution in [2.24, 2.45) is 0 Å². The standard InChI is InChI=1S/C50H47N/c1-48(2,3)38-18-14-30(15-19-38)32-10-12-34-24-41-43-28-40(50(7,8)9)29-44-42-25-35-13-11-33(31-16-20-39(21-17-31)49(4,5)6)23-37(35)27-46(42)51(47(43)44)45(41)26-36(34)22-32/h10-29H,1-9H3. The predicted octanol–water partition coefficient (Wildman–Crippen LogP) is 14.4. The topological polar surface area (TPSA) is 4.41 Å². The van der Waals surface area contributed by atoms with Gasteiger partial charge in [0.05, 0.1) is 16.6 Å². The van der Waals surface area contributed by atoms with Crippen LogP contribution in [0.15, 0.2) is 121 Å². The van der Waals surface area contributed by atoms with Crippen LogP contribution < -0.4 is 0 Å². The van der Waals surface area contributed by atoms with Gasteiger partial charge in [0.1, 0.15) is 0 Å². The molecule has 51 heavy (non-hydrogen) atoms. The van der Waals surface area contributed by atoms with Crippen LogP contribution >= 0.6 is 0 Å². The fourth-order valence-electron chi connectivity index (χ4n) is 8.15. The van der Waals surface area contributed by atoms with Gasteiger partial charge < -0.3 is 4.40 Å². The van der Waals surface area contributed by atoms with Gasteiger partial charge in [-0.1, -0.05) is 135 Å². The quantitative estimate of drug-likeness (QED) is 0.174. The molecule has 7 aromatic carbocycles. The van der Waals surface area contributed by atoms with Crippen molar-refractivity contribution >= 4 is 59.6 Å². The van der Waals surface area contributed by atoms with Crippen LogP contribution in [0.4, 0.5) is 0 Å². The van der Waals surface area contributed by atoms with E-state index < -0.39 is 0 Å². The van der Waals surface area contributed by atoms with E-state index in [1.54, 1.807) is 0 Å². The van der Waals surface area contributed by atoms with Crippen molar-refractivity contribution in [2.45, 2.75) is 78.6 Å². The van der Waals surface area contributed by atoms with Crippen molar-refractivity contribution in [3.8, 4) is 22.3 Å². The second-order valence-electron chi connectivity index (χ2n) is 18.0. The molecule has 0 saturated heterocycles. The van der Waals surface area contributed by atoms with E-state index in [1.807, 2.05) is 0 Å². The Balaban J connectivity index is 1.28. The zero-order chi connectivity index (χ0) is 35.6. The Kier molecular flexibility index (Phi) is 6.67. The second-order valence-corrected chi connectivity index (χ2v) is 18.0. The number of benzene rings is 7. The Morgan fingerprint density at radius 3 is 1.06 bits per heavy atom. The molecule has 0 unspecified atom stereocenters. The molecule has 9 rings (SSSR count). The normalized spacial score (nSPS) is 13.2. The molecule has 0 atom stereocenters. The molecule has 0 aliphatic carbocycles. The lowest BCUT2D eigenvalue weighted by Crippen LogP contribution is -2.10. The maximum Gasteiger partial charge on any atom is 0.0620 e. The van der Waals surface area contributed by atoms with Crippen molar-refractivity contribution in [2.75, 3.05) is 0 Å². The van der Waals surface area contributed by atoms with Gasteiger partial charge in [-0.2, -0.15) is 0 Å². The van der Waals surface area contributed by atoms with Gasteiger partial charge in [0.25, 0.3) is 0 Å². The Morgan fingerprint density at radius 1 is 0.314 bits per heavy atom. The predicted molar refractivity (Wildman–Crippen MR) is 223 cm³/mol. The van der Waals surface area contributed by atoms with Crippen molar-refractivity contribution < 1.29 is 0 Å². The van der Waals surface area contributed by atoms with Crippen molar-refractivity contribution in [1.82, 2.24) is 4.40 Å². The van der Waals surface area contributed by atoms with E-state index in [9.17, 15) is 0 Å². The van der Waals surface area contributed by atoms with Crippen LogP contribution in [0.5, 0.6) is 0 Å². The summed E-state index contributed by atoms with van der Waals surface area (Å²) in [6.07, 6.45) is 0. The van der Waals surface area contributed by atoms with Crippen LogP contribution in [0, 0.1) is 0 Å². The van der Waals surface area contributed by atoms with Gasteiger partial charge in [-0.05, 0) is 125 Å². The molecule has 0 aliphatic heterocycles. The zero-order valence-corrected chi connectivity index (χ0v) is 31.5. The lowest BCUT2D eigenvalue weighted by Gasteiger charge is -2.19. The van der Waals surface area contributed by atoms with Gasteiger partial charge in [0, 0.05) is 21.5 Å². The minimum Gasteiger partial charge on any atom is -0.308 e. The third-order valence-electron chi connectivity index (χ3n) is 11.3. The average molecular weight is 662 g/mol. The molecule has 2 aromatic heterocycles. The highest BCUT2D eigenvalue weighted by Crippen LogP contribution is 2.44. The molecule has 0 radical (unpaired) electrons. The molecule has 0 aliphatic rings. The first-order chi connectivity index (χ1) is 24.1. The fraction of sp³-hybridized carbons (Fsp3) is 0.240. The van der Waals surface area contributed by atoms with Gasteiger partial charge in [0.15, 0.2) is 0 Å². The Labute approximate surface area is 301 Å². The summed E-state index contributed by atoms with van der Waals surface area (Å²) in [5.41, 5.74) is 13.3. The van der Waals surface area contributed by atoms with E-state index in [0.717, 1.165) is 0 Å². The Hall–Kier alpha value is -5.14. The van der Waals surface area contributed by atoms with Gasteiger partial charge in [-0.15, -0.1) is 0 Å². The van der Waals surface area contributed by atoms with Crippen molar-refractivity contribution in [3.05, 3.63) is 138 Å². The highest BCUT2D eigenvalue weighted by molar-refractivity contribution is 6.26. The molecular formula is C50H47N. The third kappa shape index (κ3) is 5.12. The van der Waals surface area contributed by atoms with Crippen molar-refractivity contribution in [1.29, 1.82) is 0 Å². The molecule has 0 spiro atoms. The van der Waals surface area contributed by atoms with E-state index in [4.69, 9.17) is 0 Å². The van der Waals surface area contributed by atoms with Crippen molar-refractivity contribution in [3.63, 3.8) is 0 Å². The zero-order valence-electron chi connectivity index (χ0n) is 31.5. The molecular weight excluding hydrogens is 615 g/mol. The molecule has 0 fully saturated rings. The molecule has 1 nitrogen and oxygen atoms in total. The van der Waals surface area contributed by atoms with Gasteiger partial charge >= 0.3 is 0 Å². The number of fused-ring (bicyclic) bond motifs is 8. The van der Waals surface area contributed by atoms with E-state index in [1.165, 1.54) is 98.6 Å². The molecule has 2 heterocycles. The molecule has 0 amide bonds. The summed E-state index contributed by atoms with van der Waals surface area (Å²) in [6.45, 7) is 20.6. The average Bonchev–Trinajstić information content (AvgIpc) is 3.58. The van der Waals surface area contributed by atoms with Crippen LogP contribution in [0.25, 0.3) is 81.9 Å². The monoisotopic (exact) mass is 661 g/mol. The number of aromatic nitrogens is 1. The molecule has 1 heteroatoms. The van der Waals surface area contributed by atoms with Crippen LogP contribution in [0.1, 0.15) is 79.0 Å². The second kappa shape index (κ2) is 10.7. The first kappa shape index (κ1) is 31.8. The summed E-state index contributed by atoms with van der Waals surface area (Å²) in [4.78, 5) is 0. The van der Waals surface area contributed by atoms with E-state index in [0.29, 0.717) is 0 Å². The Bertz CT molecular complexity index is 2620. The molecule has 0 saturated carbocycles. The van der Waals surface area contributed by atoms with Gasteiger partial charge in [-0.3, -0.25) is 0 Å². The van der Waals surface area contributed by atoms with E-state index in [2.05, 4.69) is 188 Å². The Morgan fingerprint density at radius 2 is 0.686 bits per heavy atom. The minimum atomic E-state index is 0.0322. The number of rotatable bonds is 2. The maximum absolute atomic E-state index is 2.55. The smallest absolute Gasteiger partial charge is 0.0620 e. The summed E-state index contributed by atoms with van der Waals surface area (Å²) in [6, 6.07) is 46.8. The first-order valence-corrected chi connectivity index (χ1v) is 18.5. The third-order valence-corrected chi connectivity index (χ3v) is 11.3. The first-order valence-electron chi connectivity index (χ1n) is 18.5. The molecule has 252 valence electrons. The number of hydrogen-bond acceptors (Lipinski definition) is 0. The number of nitrogens with zero attached hydrogens (tertiary/aromatic N) is 1. The molecule has 0 bridgehead atoms. The summed E-state index contributed by atoms with van der Waals surface area (Å²) < 4.78 is 2.55. The summed E-state index contributed by atoms with van der Waals surface area (Å²) in [5, 5.41) is 10.4. The van der Waals surface area contributed by atoms with Gasteiger partial charge in [0.2, 0.25) is 0 Å².